The minimum Gasteiger partial charge on any atom is -0.262 e. The molecule has 0 radical (unpaired) electrons. The predicted octanol–water partition coefficient (Wildman–Crippen LogP) is 4.29. The smallest absolute Gasteiger partial charge is 0.262 e. The second-order valence-corrected chi connectivity index (χ2v) is 5.53. The largest absolute Gasteiger partial charge is 0.462 e. The summed E-state index contributed by atoms with van der Waals surface area (Å²) in [4.78, 5) is 31.9. The lowest BCUT2D eigenvalue weighted by molar-refractivity contribution is -0.499. The molecule has 1 unspecified atom stereocenters. The first-order valence-corrected chi connectivity index (χ1v) is 7.22. The molecule has 0 saturated heterocycles. The Morgan fingerprint density at radius 3 is 1.73 bits per heavy atom. The summed E-state index contributed by atoms with van der Waals surface area (Å²) in [7, 11) is 0. The van der Waals surface area contributed by atoms with Crippen molar-refractivity contribution in [1.29, 1.82) is 0 Å². The molecule has 0 aliphatic rings. The molecule has 1 atom stereocenters. The van der Waals surface area contributed by atoms with Crippen molar-refractivity contribution in [3.05, 3.63) is 44.2 Å². The number of carbonyl (C=O) groups is 1. The normalized spacial score (nSPS) is 15.0. The Balaban J connectivity index is 3.79. The maximum absolute atomic E-state index is 14.3. The van der Waals surface area contributed by atoms with E-state index in [0.717, 1.165) is 0 Å². The van der Waals surface area contributed by atoms with E-state index in [0.29, 0.717) is 0 Å². The lowest BCUT2D eigenvalue weighted by Gasteiger charge is -2.34. The van der Waals surface area contributed by atoms with E-state index in [2.05, 4.69) is 0 Å². The Labute approximate surface area is 170 Å². The average Bonchev–Trinajstić information content (AvgIpc) is 2.58. The number of ether oxygens (including phenoxy) is 1. The Bertz CT molecular complexity index is 964. The zero-order chi connectivity index (χ0) is 26.4. The molecular weight excluding hydrogens is 510 g/mol. The van der Waals surface area contributed by atoms with Gasteiger partial charge in [-0.3, -0.25) is 19.6 Å². The minimum absolute atomic E-state index is 0.0325. The molecule has 0 aliphatic carbocycles. The van der Waals surface area contributed by atoms with Crippen LogP contribution in [0, 0.1) is 26.0 Å². The first-order chi connectivity index (χ1) is 14.5. The number of nitro groups is 2. The van der Waals surface area contributed by atoms with Crippen LogP contribution in [0.25, 0.3) is 0 Å². The standard InChI is InChI=1S/C12H3F12N3O6/c13-4-1-2-5(26(29)30)6(3-4)25(27(31)32)7(28)8(14,10(17,18)19)33-12(23,24)9(15,16)11(20,21)22/h1-3H. The van der Waals surface area contributed by atoms with Gasteiger partial charge in [-0.1, -0.05) is 0 Å². The van der Waals surface area contributed by atoms with E-state index < -0.39 is 74.4 Å². The van der Waals surface area contributed by atoms with Crippen LogP contribution in [0.5, 0.6) is 0 Å². The number of anilines is 1. The van der Waals surface area contributed by atoms with E-state index in [1.807, 2.05) is 4.74 Å². The molecule has 0 heterocycles. The number of hydrazine groups is 1. The molecule has 186 valence electrons. The summed E-state index contributed by atoms with van der Waals surface area (Å²) in [5.41, 5.74) is -3.99. The van der Waals surface area contributed by atoms with Crippen LogP contribution in [0.4, 0.5) is 64.1 Å². The van der Waals surface area contributed by atoms with Crippen LogP contribution in [-0.4, -0.2) is 46.1 Å². The summed E-state index contributed by atoms with van der Waals surface area (Å²) in [5, 5.41) is 17.4. The van der Waals surface area contributed by atoms with Crippen molar-refractivity contribution < 1.29 is 72.2 Å². The van der Waals surface area contributed by atoms with Gasteiger partial charge in [-0.15, -0.1) is 0 Å². The van der Waals surface area contributed by atoms with Gasteiger partial charge < -0.3 is 0 Å². The summed E-state index contributed by atoms with van der Waals surface area (Å²) >= 11 is 0. The highest BCUT2D eigenvalue weighted by Crippen LogP contribution is 2.51. The molecule has 0 bridgehead atoms. The van der Waals surface area contributed by atoms with E-state index in [1.54, 1.807) is 0 Å². The molecule has 0 aliphatic heterocycles. The highest BCUT2D eigenvalue weighted by Gasteiger charge is 2.80. The molecule has 1 aromatic rings. The van der Waals surface area contributed by atoms with Crippen LogP contribution < -0.4 is 5.01 Å². The number of benzene rings is 1. The molecule has 0 N–H and O–H groups in total. The molecule has 1 amide bonds. The fraction of sp³-hybridized carbons (Fsp3) is 0.417. The van der Waals surface area contributed by atoms with E-state index in [-0.39, 0.29) is 12.1 Å². The Morgan fingerprint density at radius 1 is 0.879 bits per heavy atom. The third kappa shape index (κ3) is 4.85. The van der Waals surface area contributed by atoms with Crippen molar-refractivity contribution in [3.63, 3.8) is 0 Å². The fourth-order valence-corrected chi connectivity index (χ4v) is 1.86. The number of carbonyl (C=O) groups excluding carboxylic acids is 1. The van der Waals surface area contributed by atoms with Gasteiger partial charge in [0.25, 0.3) is 5.69 Å². The first-order valence-electron chi connectivity index (χ1n) is 7.22. The predicted molar refractivity (Wildman–Crippen MR) is 74.5 cm³/mol. The number of nitro benzene ring substituents is 1. The van der Waals surface area contributed by atoms with Gasteiger partial charge in [0.15, 0.2) is 10.7 Å². The third-order valence-corrected chi connectivity index (χ3v) is 3.35. The molecule has 0 spiro atoms. The second-order valence-electron chi connectivity index (χ2n) is 5.53. The lowest BCUT2D eigenvalue weighted by atomic mass is 10.2. The number of hydrogen-bond donors (Lipinski definition) is 0. The summed E-state index contributed by atoms with van der Waals surface area (Å²) in [6.07, 6.45) is -22.2. The summed E-state index contributed by atoms with van der Waals surface area (Å²) in [5.74, 6) is -20.5. The highest BCUT2D eigenvalue weighted by atomic mass is 19.4. The molecule has 1 rings (SSSR count). The maximum atomic E-state index is 14.3. The van der Waals surface area contributed by atoms with Crippen LogP contribution in [0.3, 0.4) is 0 Å². The van der Waals surface area contributed by atoms with Gasteiger partial charge in [0.05, 0.1) is 4.92 Å². The lowest BCUT2D eigenvalue weighted by Crippen LogP contribution is -2.64. The Hall–Kier alpha value is -3.39. The zero-order valence-corrected chi connectivity index (χ0v) is 14.6. The first kappa shape index (κ1) is 27.6. The maximum Gasteiger partial charge on any atom is 0.462 e. The quantitative estimate of drug-likeness (QED) is 0.305. The summed E-state index contributed by atoms with van der Waals surface area (Å²) in [6, 6.07) is -0.335. The second kappa shape index (κ2) is 8.19. The minimum atomic E-state index is -7.59. The van der Waals surface area contributed by atoms with Crippen LogP contribution in [0.1, 0.15) is 0 Å². The molecule has 1 aromatic carbocycles. The van der Waals surface area contributed by atoms with Crippen LogP contribution in [-0.2, 0) is 9.53 Å². The number of halogens is 12. The average molecular weight is 513 g/mol. The number of hydrogen-bond acceptors (Lipinski definition) is 6. The number of rotatable bonds is 7. The highest BCUT2D eigenvalue weighted by molar-refractivity contribution is 5.98. The van der Waals surface area contributed by atoms with Crippen molar-refractivity contribution in [2.24, 2.45) is 0 Å². The van der Waals surface area contributed by atoms with Gasteiger partial charge in [0.2, 0.25) is 0 Å². The summed E-state index contributed by atoms with van der Waals surface area (Å²) in [6.45, 7) is 0. The topological polar surface area (TPSA) is 116 Å². The molecule has 0 saturated carbocycles. The van der Waals surface area contributed by atoms with Crippen LogP contribution in [0.2, 0.25) is 0 Å². The van der Waals surface area contributed by atoms with Crippen molar-refractivity contribution in [2.45, 2.75) is 30.2 Å². The fourth-order valence-electron chi connectivity index (χ4n) is 1.86. The van der Waals surface area contributed by atoms with E-state index in [4.69, 9.17) is 0 Å². The SMILES string of the molecule is O=C(N(c1cc(F)ccc1[N+](=O)[O-])[N+](=O)[O-])C(F)(OC(F)(F)C(F)(F)C(F)(F)F)C(F)(F)F. The van der Waals surface area contributed by atoms with Gasteiger partial charge >= 0.3 is 36.1 Å². The zero-order valence-electron chi connectivity index (χ0n) is 14.6. The number of alkyl halides is 11. The summed E-state index contributed by atoms with van der Waals surface area (Å²) < 4.78 is 157. The van der Waals surface area contributed by atoms with Gasteiger partial charge in [-0.05, 0) is 11.1 Å². The van der Waals surface area contributed by atoms with Gasteiger partial charge in [0, 0.05) is 12.1 Å². The molecule has 0 fully saturated rings. The van der Waals surface area contributed by atoms with Gasteiger partial charge in [-0.2, -0.15) is 48.3 Å². The van der Waals surface area contributed by atoms with E-state index in [1.165, 1.54) is 0 Å². The van der Waals surface area contributed by atoms with Crippen LogP contribution in [0.15, 0.2) is 18.2 Å². The monoisotopic (exact) mass is 513 g/mol. The van der Waals surface area contributed by atoms with Crippen molar-refractivity contribution in [1.82, 2.24) is 0 Å². The van der Waals surface area contributed by atoms with Crippen molar-refractivity contribution in [3.8, 4) is 0 Å². The Kier molecular flexibility index (Phi) is 6.86. The molecule has 0 aromatic heterocycles. The van der Waals surface area contributed by atoms with Crippen molar-refractivity contribution in [2.75, 3.05) is 5.01 Å². The van der Waals surface area contributed by atoms with Crippen molar-refractivity contribution >= 4 is 17.3 Å². The van der Waals surface area contributed by atoms with E-state index >= 15 is 0 Å². The molecule has 33 heavy (non-hydrogen) atoms. The van der Waals surface area contributed by atoms with Crippen LogP contribution >= 0.6 is 0 Å². The third-order valence-electron chi connectivity index (χ3n) is 3.35. The van der Waals surface area contributed by atoms with Gasteiger partial charge in [0.1, 0.15) is 5.82 Å². The molecule has 9 nitrogen and oxygen atoms in total. The number of amides is 1. The Morgan fingerprint density at radius 2 is 1.36 bits per heavy atom. The van der Waals surface area contributed by atoms with E-state index in [9.17, 15) is 77.7 Å². The molecular formula is C12H3F12N3O6. The van der Waals surface area contributed by atoms with Gasteiger partial charge in [-0.25, -0.2) is 14.5 Å². The molecule has 21 heteroatoms. The number of nitrogens with zero attached hydrogens (tertiary/aromatic N) is 3.